The molecule has 0 radical (unpaired) electrons. The summed E-state index contributed by atoms with van der Waals surface area (Å²) in [4.78, 5) is 30.6. The van der Waals surface area contributed by atoms with E-state index in [9.17, 15) is 19.8 Å². The van der Waals surface area contributed by atoms with E-state index in [0.29, 0.717) is 12.0 Å². The van der Waals surface area contributed by atoms with Crippen LogP contribution in [0.5, 0.6) is 0 Å². The Hall–Kier alpha value is -3.25. The van der Waals surface area contributed by atoms with E-state index in [1.54, 1.807) is 13.8 Å². The number of benzene rings is 2. The Kier molecular flexibility index (Phi) is 3.61. The normalized spacial score (nSPS) is 24.7. The molecule has 6 nitrogen and oxygen atoms in total. The van der Waals surface area contributed by atoms with Crippen molar-refractivity contribution in [3.05, 3.63) is 59.9 Å². The maximum absolute atomic E-state index is 12.7. The molecule has 2 aromatic carbocycles. The van der Waals surface area contributed by atoms with Gasteiger partial charge in [-0.3, -0.25) is 9.78 Å². The van der Waals surface area contributed by atoms with Crippen LogP contribution in [-0.4, -0.2) is 44.1 Å². The zero-order valence-electron chi connectivity index (χ0n) is 16.1. The number of carboxylic acid groups (broad SMARTS) is 1. The first-order chi connectivity index (χ1) is 13.8. The highest BCUT2D eigenvalue weighted by molar-refractivity contribution is 6.10. The molecule has 6 heteroatoms. The van der Waals surface area contributed by atoms with Crippen molar-refractivity contribution in [2.75, 3.05) is 0 Å². The van der Waals surface area contributed by atoms with Crippen LogP contribution in [0.4, 0.5) is 0 Å². The minimum Gasteiger partial charge on any atom is -0.477 e. The first-order valence-electron chi connectivity index (χ1n) is 9.60. The lowest BCUT2D eigenvalue weighted by Crippen LogP contribution is -2.69. The van der Waals surface area contributed by atoms with Crippen LogP contribution in [0.3, 0.4) is 0 Å². The second-order valence-electron chi connectivity index (χ2n) is 8.06. The van der Waals surface area contributed by atoms with Crippen molar-refractivity contribution in [2.45, 2.75) is 32.4 Å². The molecule has 1 fully saturated rings. The molecule has 29 heavy (non-hydrogen) atoms. The standard InChI is InChI=1S/C23H20N2O4/c1-12(26)23(2)19-10-16(20(21(27)28)25(19)22(23)29)13-7-8-18-17(9-13)15-6-4-3-5-14(15)11-24-18/h3-9,11-12,19,26H,10H2,1-2H3,(H,27,28)/t12-,19-,23-/m1/s1. The predicted molar refractivity (Wildman–Crippen MR) is 109 cm³/mol. The van der Waals surface area contributed by atoms with Crippen molar-refractivity contribution in [1.29, 1.82) is 0 Å². The van der Waals surface area contributed by atoms with Gasteiger partial charge in [-0.25, -0.2) is 4.79 Å². The number of aliphatic hydroxyl groups excluding tert-OH is 1. The Bertz CT molecular complexity index is 1250. The highest BCUT2D eigenvalue weighted by Gasteiger charge is 2.64. The average Bonchev–Trinajstić information content (AvgIpc) is 3.10. The molecule has 0 spiro atoms. The van der Waals surface area contributed by atoms with Gasteiger partial charge in [-0.2, -0.15) is 0 Å². The maximum atomic E-state index is 12.7. The number of pyridine rings is 1. The molecule has 5 rings (SSSR count). The number of carboxylic acids is 1. The van der Waals surface area contributed by atoms with Gasteiger partial charge in [0.2, 0.25) is 5.91 Å². The van der Waals surface area contributed by atoms with Crippen LogP contribution in [0.25, 0.3) is 27.2 Å². The molecule has 3 atom stereocenters. The number of aromatic nitrogens is 1. The summed E-state index contributed by atoms with van der Waals surface area (Å²) in [6.45, 7) is 3.29. The molecule has 2 N–H and O–H groups in total. The number of rotatable bonds is 3. The van der Waals surface area contributed by atoms with Crippen LogP contribution in [0.1, 0.15) is 25.8 Å². The summed E-state index contributed by atoms with van der Waals surface area (Å²) in [5, 5.41) is 23.0. The lowest BCUT2D eigenvalue weighted by atomic mass is 9.68. The van der Waals surface area contributed by atoms with E-state index in [2.05, 4.69) is 4.98 Å². The summed E-state index contributed by atoms with van der Waals surface area (Å²) in [7, 11) is 0. The van der Waals surface area contributed by atoms with Crippen molar-refractivity contribution < 1.29 is 19.8 Å². The lowest BCUT2D eigenvalue weighted by molar-refractivity contribution is -0.177. The fraction of sp³-hybridized carbons (Fsp3) is 0.261. The van der Waals surface area contributed by atoms with Gasteiger partial charge in [0, 0.05) is 17.0 Å². The number of aliphatic hydroxyl groups is 1. The SMILES string of the molecule is C[C@@H](O)[C@@]1(C)C(=O)N2C(C(=O)O)=C(c3ccc4ncc5ccccc5c4c3)C[C@@H]21. The third kappa shape index (κ3) is 2.23. The summed E-state index contributed by atoms with van der Waals surface area (Å²) >= 11 is 0. The zero-order valence-corrected chi connectivity index (χ0v) is 16.1. The molecule has 1 aromatic heterocycles. The van der Waals surface area contributed by atoms with E-state index in [0.717, 1.165) is 27.2 Å². The van der Waals surface area contributed by atoms with Crippen LogP contribution in [0.2, 0.25) is 0 Å². The molecule has 1 saturated heterocycles. The third-order valence-electron chi connectivity index (χ3n) is 6.62. The number of carbonyl (C=O) groups is 2. The predicted octanol–water partition coefficient (Wildman–Crippen LogP) is 3.19. The zero-order chi connectivity index (χ0) is 20.5. The van der Waals surface area contributed by atoms with Crippen molar-refractivity contribution >= 4 is 39.1 Å². The molecule has 0 saturated carbocycles. The minimum atomic E-state index is -1.13. The molecule has 0 bridgehead atoms. The van der Waals surface area contributed by atoms with Gasteiger partial charge in [0.15, 0.2) is 0 Å². The number of aliphatic carboxylic acids is 1. The smallest absolute Gasteiger partial charge is 0.352 e. The first-order valence-corrected chi connectivity index (χ1v) is 9.60. The largest absolute Gasteiger partial charge is 0.477 e. The molecule has 0 unspecified atom stereocenters. The Morgan fingerprint density at radius 2 is 2.00 bits per heavy atom. The van der Waals surface area contributed by atoms with Gasteiger partial charge in [-0.1, -0.05) is 30.3 Å². The van der Waals surface area contributed by atoms with Crippen molar-refractivity contribution in [3.8, 4) is 0 Å². The van der Waals surface area contributed by atoms with Crippen LogP contribution in [-0.2, 0) is 9.59 Å². The van der Waals surface area contributed by atoms with Crippen LogP contribution in [0, 0.1) is 5.41 Å². The van der Waals surface area contributed by atoms with E-state index in [1.807, 2.05) is 48.7 Å². The quantitative estimate of drug-likeness (QED) is 0.531. The van der Waals surface area contributed by atoms with Gasteiger partial charge >= 0.3 is 5.97 Å². The number of carbonyl (C=O) groups excluding carboxylic acids is 1. The molecule has 146 valence electrons. The molecule has 3 heterocycles. The van der Waals surface area contributed by atoms with Crippen molar-refractivity contribution in [3.63, 3.8) is 0 Å². The summed E-state index contributed by atoms with van der Waals surface area (Å²) in [5.74, 6) is -1.46. The summed E-state index contributed by atoms with van der Waals surface area (Å²) in [6, 6.07) is 13.3. The van der Waals surface area contributed by atoms with Crippen LogP contribution < -0.4 is 0 Å². The molecule has 2 aliphatic heterocycles. The van der Waals surface area contributed by atoms with Crippen molar-refractivity contribution in [1.82, 2.24) is 9.88 Å². The molecular weight excluding hydrogens is 368 g/mol. The van der Waals surface area contributed by atoms with Gasteiger partial charge < -0.3 is 15.1 Å². The fourth-order valence-corrected chi connectivity index (χ4v) is 4.73. The fourth-order valence-electron chi connectivity index (χ4n) is 4.73. The number of β-lactam (4-membered cyclic amide) rings is 1. The Morgan fingerprint density at radius 3 is 2.72 bits per heavy atom. The van der Waals surface area contributed by atoms with Crippen LogP contribution in [0.15, 0.2) is 54.4 Å². The summed E-state index contributed by atoms with van der Waals surface area (Å²) in [5.41, 5.74) is 1.27. The van der Waals surface area contributed by atoms with E-state index >= 15 is 0 Å². The Morgan fingerprint density at radius 1 is 1.24 bits per heavy atom. The highest BCUT2D eigenvalue weighted by atomic mass is 16.4. The molecule has 2 aliphatic rings. The van der Waals surface area contributed by atoms with Gasteiger partial charge in [-0.05, 0) is 48.9 Å². The lowest BCUT2D eigenvalue weighted by Gasteiger charge is -2.53. The maximum Gasteiger partial charge on any atom is 0.352 e. The Labute approximate surface area is 167 Å². The number of amides is 1. The van der Waals surface area contributed by atoms with E-state index < -0.39 is 17.5 Å². The van der Waals surface area contributed by atoms with E-state index in [4.69, 9.17) is 0 Å². The third-order valence-corrected chi connectivity index (χ3v) is 6.62. The average molecular weight is 388 g/mol. The molecule has 0 aliphatic carbocycles. The number of hydrogen-bond donors (Lipinski definition) is 2. The topological polar surface area (TPSA) is 90.7 Å². The number of nitrogens with zero attached hydrogens (tertiary/aromatic N) is 2. The second kappa shape index (κ2) is 5.87. The van der Waals surface area contributed by atoms with E-state index in [-0.39, 0.29) is 17.6 Å². The number of fused-ring (bicyclic) bond motifs is 4. The molecule has 1 amide bonds. The second-order valence-corrected chi connectivity index (χ2v) is 8.06. The van der Waals surface area contributed by atoms with Gasteiger partial charge in [0.25, 0.3) is 0 Å². The van der Waals surface area contributed by atoms with Gasteiger partial charge in [0.1, 0.15) is 5.70 Å². The molecular formula is C23H20N2O4. The van der Waals surface area contributed by atoms with Crippen LogP contribution >= 0.6 is 0 Å². The monoisotopic (exact) mass is 388 g/mol. The van der Waals surface area contributed by atoms with Gasteiger partial charge in [0.05, 0.1) is 23.1 Å². The molecule has 3 aromatic rings. The minimum absolute atomic E-state index is 0.0191. The van der Waals surface area contributed by atoms with Crippen molar-refractivity contribution in [2.24, 2.45) is 5.41 Å². The van der Waals surface area contributed by atoms with E-state index in [1.165, 1.54) is 4.90 Å². The summed E-state index contributed by atoms with van der Waals surface area (Å²) in [6.07, 6.45) is 1.38. The highest BCUT2D eigenvalue weighted by Crippen LogP contribution is 2.53. The first kappa shape index (κ1) is 17.8. The Balaban J connectivity index is 1.69. The number of hydrogen-bond acceptors (Lipinski definition) is 4. The van der Waals surface area contributed by atoms with Gasteiger partial charge in [-0.15, -0.1) is 0 Å². The summed E-state index contributed by atoms with van der Waals surface area (Å²) < 4.78 is 0.